The van der Waals surface area contributed by atoms with E-state index in [1.54, 1.807) is 22.8 Å². The maximum absolute atomic E-state index is 13.2. The lowest BCUT2D eigenvalue weighted by molar-refractivity contribution is -0.130. The summed E-state index contributed by atoms with van der Waals surface area (Å²) in [6, 6.07) is 4.84. The summed E-state index contributed by atoms with van der Waals surface area (Å²) < 4.78 is 23.1. The first kappa shape index (κ1) is 20.3. The molecular formula is C20H24N2O6S. The molecule has 2 atom stereocenters. The zero-order chi connectivity index (χ0) is 20.2. The monoisotopic (exact) mass is 420 g/mol. The van der Waals surface area contributed by atoms with E-state index in [1.165, 1.54) is 18.9 Å². The number of aromatic nitrogens is 2. The summed E-state index contributed by atoms with van der Waals surface area (Å²) in [5, 5.41) is 1.08. The van der Waals surface area contributed by atoms with Gasteiger partial charge in [-0.25, -0.2) is 9.78 Å². The molecule has 0 N–H and O–H groups in total. The number of carbonyl (C=O) groups is 1. The van der Waals surface area contributed by atoms with E-state index in [1.807, 2.05) is 0 Å². The number of benzene rings is 1. The molecule has 0 unspecified atom stereocenters. The van der Waals surface area contributed by atoms with Gasteiger partial charge < -0.3 is 18.9 Å². The Kier molecular flexibility index (Phi) is 6.49. The molecule has 0 bridgehead atoms. The Morgan fingerprint density at radius 2 is 2.17 bits per heavy atom. The standard InChI is InChI=1S/C20H24N2O6S/c1-25-19(24)13-4-5-16-17(9-13)21-20(29-11-15-6-8-26-12-28-15)22(18(16)23)10-14-3-2-7-27-14/h4-5,9,14-15H,2-3,6-8,10-12H2,1H3/t14-,15-/m1/s1. The highest BCUT2D eigenvalue weighted by molar-refractivity contribution is 7.99. The van der Waals surface area contributed by atoms with Crippen molar-refractivity contribution in [3.63, 3.8) is 0 Å². The Morgan fingerprint density at radius 3 is 2.90 bits per heavy atom. The molecule has 2 aliphatic rings. The van der Waals surface area contributed by atoms with E-state index in [2.05, 4.69) is 0 Å². The van der Waals surface area contributed by atoms with Crippen LogP contribution >= 0.6 is 11.8 Å². The second-order valence-corrected chi connectivity index (χ2v) is 8.07. The fourth-order valence-electron chi connectivity index (χ4n) is 3.51. The SMILES string of the molecule is COC(=O)c1ccc2c(=O)n(C[C@H]3CCCO3)c(SC[C@H]3CCOCO3)nc2c1. The van der Waals surface area contributed by atoms with Crippen LogP contribution in [0.1, 0.15) is 29.6 Å². The molecule has 0 amide bonds. The van der Waals surface area contributed by atoms with Gasteiger partial charge in [-0.3, -0.25) is 9.36 Å². The third-order valence-corrected chi connectivity index (χ3v) is 6.23. The van der Waals surface area contributed by atoms with Crippen LogP contribution in [0.15, 0.2) is 28.2 Å². The lowest BCUT2D eigenvalue weighted by Crippen LogP contribution is -2.30. The molecular weight excluding hydrogens is 396 g/mol. The number of thioether (sulfide) groups is 1. The smallest absolute Gasteiger partial charge is 0.337 e. The van der Waals surface area contributed by atoms with Gasteiger partial charge in [0.05, 0.1) is 48.9 Å². The predicted octanol–water partition coefficient (Wildman–Crippen LogP) is 2.22. The van der Waals surface area contributed by atoms with Crippen molar-refractivity contribution >= 4 is 28.6 Å². The summed E-state index contributed by atoms with van der Waals surface area (Å²) in [7, 11) is 1.33. The fraction of sp³-hybridized carbons (Fsp3) is 0.550. The molecule has 2 aromatic rings. The van der Waals surface area contributed by atoms with Crippen molar-refractivity contribution in [3.05, 3.63) is 34.1 Å². The van der Waals surface area contributed by atoms with Crippen LogP contribution in [0, 0.1) is 0 Å². The van der Waals surface area contributed by atoms with Gasteiger partial charge in [0.25, 0.3) is 5.56 Å². The van der Waals surface area contributed by atoms with E-state index >= 15 is 0 Å². The van der Waals surface area contributed by atoms with Crippen LogP contribution in [0.3, 0.4) is 0 Å². The molecule has 0 aliphatic carbocycles. The average Bonchev–Trinajstić information content (AvgIpc) is 3.27. The Bertz CT molecular complexity index is 934. The molecule has 156 valence electrons. The topological polar surface area (TPSA) is 88.9 Å². The summed E-state index contributed by atoms with van der Waals surface area (Å²) in [5.74, 6) is 0.214. The van der Waals surface area contributed by atoms with Crippen molar-refractivity contribution in [3.8, 4) is 0 Å². The van der Waals surface area contributed by atoms with Gasteiger partial charge in [-0.05, 0) is 37.5 Å². The van der Waals surface area contributed by atoms with Crippen molar-refractivity contribution in [1.82, 2.24) is 9.55 Å². The molecule has 2 fully saturated rings. The Balaban J connectivity index is 1.68. The predicted molar refractivity (Wildman–Crippen MR) is 107 cm³/mol. The number of nitrogens with zero attached hydrogens (tertiary/aromatic N) is 2. The largest absolute Gasteiger partial charge is 0.465 e. The fourth-order valence-corrected chi connectivity index (χ4v) is 4.58. The van der Waals surface area contributed by atoms with E-state index in [4.69, 9.17) is 23.9 Å². The van der Waals surface area contributed by atoms with Gasteiger partial charge in [0.1, 0.15) is 6.79 Å². The van der Waals surface area contributed by atoms with E-state index in [-0.39, 0.29) is 17.8 Å². The van der Waals surface area contributed by atoms with E-state index in [9.17, 15) is 9.59 Å². The van der Waals surface area contributed by atoms with Crippen LogP contribution in [0.25, 0.3) is 10.9 Å². The van der Waals surface area contributed by atoms with Gasteiger partial charge in [0, 0.05) is 12.4 Å². The molecule has 9 heteroatoms. The molecule has 1 aromatic carbocycles. The molecule has 1 aromatic heterocycles. The summed E-state index contributed by atoms with van der Waals surface area (Å²) in [4.78, 5) is 29.8. The van der Waals surface area contributed by atoms with E-state index in [0.717, 1.165) is 25.9 Å². The molecule has 2 aliphatic heterocycles. The third-order valence-electron chi connectivity index (χ3n) is 5.12. The lowest BCUT2D eigenvalue weighted by Gasteiger charge is -2.23. The first-order valence-corrected chi connectivity index (χ1v) is 10.7. The van der Waals surface area contributed by atoms with Crippen LogP contribution < -0.4 is 5.56 Å². The van der Waals surface area contributed by atoms with Crippen LogP contribution in [-0.2, 0) is 25.5 Å². The van der Waals surface area contributed by atoms with Crippen molar-refractivity contribution < 1.29 is 23.7 Å². The quantitative estimate of drug-likeness (QED) is 0.399. The van der Waals surface area contributed by atoms with Gasteiger partial charge in [0.2, 0.25) is 0 Å². The second kappa shape index (κ2) is 9.25. The van der Waals surface area contributed by atoms with Crippen LogP contribution in [0.5, 0.6) is 0 Å². The summed E-state index contributed by atoms with van der Waals surface area (Å²) in [5.41, 5.74) is 0.724. The molecule has 0 spiro atoms. The Morgan fingerprint density at radius 1 is 1.28 bits per heavy atom. The van der Waals surface area contributed by atoms with Gasteiger partial charge >= 0.3 is 5.97 Å². The minimum absolute atomic E-state index is 0.0139. The van der Waals surface area contributed by atoms with Crippen molar-refractivity contribution in [2.45, 2.75) is 43.2 Å². The molecule has 0 saturated carbocycles. The summed E-state index contributed by atoms with van der Waals surface area (Å²) in [6.07, 6.45) is 2.81. The highest BCUT2D eigenvalue weighted by Crippen LogP contribution is 2.24. The van der Waals surface area contributed by atoms with Crippen LogP contribution in [0.2, 0.25) is 0 Å². The highest BCUT2D eigenvalue weighted by atomic mass is 32.2. The molecule has 29 heavy (non-hydrogen) atoms. The third kappa shape index (κ3) is 4.63. The Labute approximate surface area is 172 Å². The van der Waals surface area contributed by atoms with Crippen LogP contribution in [-0.4, -0.2) is 60.6 Å². The van der Waals surface area contributed by atoms with Gasteiger partial charge in [-0.1, -0.05) is 11.8 Å². The van der Waals surface area contributed by atoms with Crippen molar-refractivity contribution in [2.24, 2.45) is 0 Å². The summed E-state index contributed by atoms with van der Waals surface area (Å²) in [6.45, 7) is 2.15. The number of esters is 1. The number of methoxy groups -OCH3 is 1. The van der Waals surface area contributed by atoms with Gasteiger partial charge in [-0.15, -0.1) is 0 Å². The molecule has 4 rings (SSSR count). The molecule has 3 heterocycles. The first-order valence-electron chi connectivity index (χ1n) is 9.72. The molecule has 8 nitrogen and oxygen atoms in total. The van der Waals surface area contributed by atoms with Crippen LogP contribution in [0.4, 0.5) is 0 Å². The normalized spacial score (nSPS) is 22.1. The van der Waals surface area contributed by atoms with Gasteiger partial charge in [0.15, 0.2) is 5.16 Å². The number of hydrogen-bond donors (Lipinski definition) is 0. The maximum atomic E-state index is 13.2. The number of ether oxygens (including phenoxy) is 4. The highest BCUT2D eigenvalue weighted by Gasteiger charge is 2.22. The van der Waals surface area contributed by atoms with Crippen molar-refractivity contribution in [1.29, 1.82) is 0 Å². The maximum Gasteiger partial charge on any atom is 0.337 e. The summed E-state index contributed by atoms with van der Waals surface area (Å²) >= 11 is 1.49. The number of hydrogen-bond acceptors (Lipinski definition) is 8. The Hall–Kier alpha value is -1.94. The number of carbonyl (C=O) groups excluding carboxylic acids is 1. The minimum Gasteiger partial charge on any atom is -0.465 e. The van der Waals surface area contributed by atoms with Crippen molar-refractivity contribution in [2.75, 3.05) is 32.9 Å². The molecule has 0 radical (unpaired) electrons. The number of fused-ring (bicyclic) bond motifs is 1. The van der Waals surface area contributed by atoms with E-state index < -0.39 is 5.97 Å². The second-order valence-electron chi connectivity index (χ2n) is 7.08. The van der Waals surface area contributed by atoms with Gasteiger partial charge in [-0.2, -0.15) is 0 Å². The minimum atomic E-state index is -0.456. The lowest BCUT2D eigenvalue weighted by atomic mass is 10.1. The van der Waals surface area contributed by atoms with E-state index in [0.29, 0.717) is 47.3 Å². The molecule has 2 saturated heterocycles. The average molecular weight is 420 g/mol. The number of rotatable bonds is 6. The zero-order valence-electron chi connectivity index (χ0n) is 16.3. The first-order chi connectivity index (χ1) is 14.2. The zero-order valence-corrected chi connectivity index (χ0v) is 17.1.